The number of carbonyl (C=O) groups excluding carboxylic acids is 2. The van der Waals surface area contributed by atoms with E-state index in [1.54, 1.807) is 48.5 Å². The van der Waals surface area contributed by atoms with Crippen LogP contribution in [-0.4, -0.2) is 21.9 Å². The van der Waals surface area contributed by atoms with Crippen molar-refractivity contribution in [1.29, 1.82) is 0 Å². The molecule has 0 aliphatic heterocycles. The molecule has 46 heavy (non-hydrogen) atoms. The minimum absolute atomic E-state index is 0.0595. The van der Waals surface area contributed by atoms with Crippen molar-refractivity contribution < 1.29 is 27.9 Å². The molecule has 0 saturated heterocycles. The summed E-state index contributed by atoms with van der Waals surface area (Å²) in [4.78, 5) is 59.2. The predicted molar refractivity (Wildman–Crippen MR) is 174 cm³/mol. The van der Waals surface area contributed by atoms with Crippen LogP contribution in [0, 0.1) is 0 Å². The number of hydrogen-bond acceptors (Lipinski definition) is 10. The highest BCUT2D eigenvalue weighted by Gasteiger charge is 2.15. The van der Waals surface area contributed by atoms with E-state index in [0.29, 0.717) is 35.0 Å². The molecule has 3 aromatic carbocycles. The summed E-state index contributed by atoms with van der Waals surface area (Å²) in [5, 5.41) is 0.361. The molecular formula is C36H36N2O8. The van der Waals surface area contributed by atoms with Crippen molar-refractivity contribution in [2.24, 2.45) is 0 Å². The molecule has 0 unspecified atom stereocenters. The molecule has 5 rings (SSSR count). The van der Waals surface area contributed by atoms with Crippen molar-refractivity contribution in [3.63, 3.8) is 0 Å². The average molecular weight is 625 g/mol. The Labute approximate surface area is 265 Å². The zero-order chi connectivity index (χ0) is 32.5. The Balaban J connectivity index is 1.33. The number of esters is 2. The van der Waals surface area contributed by atoms with Crippen LogP contribution in [0.15, 0.2) is 79.1 Å². The average Bonchev–Trinajstić information content (AvgIpc) is 3.05. The van der Waals surface area contributed by atoms with Gasteiger partial charge in [-0.05, 0) is 67.4 Å². The summed E-state index contributed by atoms with van der Waals surface area (Å²) in [5.74, 6) is -0.0862. The Kier molecular flexibility index (Phi) is 10.7. The van der Waals surface area contributed by atoms with Crippen LogP contribution in [-0.2, 0) is 9.59 Å². The molecule has 0 aliphatic carbocycles. The van der Waals surface area contributed by atoms with Crippen molar-refractivity contribution in [2.45, 2.75) is 78.1 Å². The first-order chi connectivity index (χ1) is 22.3. The van der Waals surface area contributed by atoms with Crippen molar-refractivity contribution in [3.8, 4) is 34.4 Å². The van der Waals surface area contributed by atoms with E-state index in [2.05, 4.69) is 23.8 Å². The van der Waals surface area contributed by atoms with Gasteiger partial charge < -0.3 is 18.3 Å². The summed E-state index contributed by atoms with van der Waals surface area (Å²) in [5.41, 5.74) is 0.382. The summed E-state index contributed by atoms with van der Waals surface area (Å²) in [7, 11) is 0. The standard InChI is InChI=1S/C36H36N2O8/c1-3-5-7-9-14-31(39)43-25-16-18-29-27(21-25)35(41)45-33(37-29)23-12-11-13-24(20-23)34-38-30-19-17-26(22-28(30)36(42)46-34)44-32(40)15-10-8-6-4-2/h11-13,16-22H,3-10,14-15H2,1-2H3. The zero-order valence-corrected chi connectivity index (χ0v) is 26.0. The topological polar surface area (TPSA) is 139 Å². The first kappa shape index (κ1) is 32.3. The summed E-state index contributed by atoms with van der Waals surface area (Å²) in [6.07, 6.45) is 8.32. The Morgan fingerprint density at radius 3 is 1.50 bits per heavy atom. The van der Waals surface area contributed by atoms with Crippen LogP contribution < -0.4 is 20.7 Å². The fraction of sp³-hybridized carbons (Fsp3) is 0.333. The van der Waals surface area contributed by atoms with E-state index >= 15 is 0 Å². The van der Waals surface area contributed by atoms with Gasteiger partial charge in [-0.1, -0.05) is 58.4 Å². The molecule has 0 bridgehead atoms. The third-order valence-corrected chi connectivity index (χ3v) is 7.49. The molecule has 0 radical (unpaired) electrons. The van der Waals surface area contributed by atoms with Crippen LogP contribution in [0.1, 0.15) is 78.1 Å². The first-order valence-electron chi connectivity index (χ1n) is 15.8. The highest BCUT2D eigenvalue weighted by atomic mass is 16.5. The van der Waals surface area contributed by atoms with E-state index in [0.717, 1.165) is 51.4 Å². The summed E-state index contributed by atoms with van der Waals surface area (Å²) >= 11 is 0. The Bertz CT molecular complexity index is 1840. The smallest absolute Gasteiger partial charge is 0.347 e. The van der Waals surface area contributed by atoms with Gasteiger partial charge >= 0.3 is 23.2 Å². The highest BCUT2D eigenvalue weighted by molar-refractivity contribution is 5.83. The van der Waals surface area contributed by atoms with Gasteiger partial charge in [-0.2, -0.15) is 0 Å². The van der Waals surface area contributed by atoms with E-state index in [1.165, 1.54) is 12.1 Å². The number of rotatable bonds is 14. The van der Waals surface area contributed by atoms with Gasteiger partial charge in [0.2, 0.25) is 11.8 Å². The number of aromatic nitrogens is 2. The summed E-state index contributed by atoms with van der Waals surface area (Å²) < 4.78 is 21.9. The molecule has 2 aromatic heterocycles. The predicted octanol–water partition coefficient (Wildman–Crippen LogP) is 7.78. The van der Waals surface area contributed by atoms with Gasteiger partial charge in [-0.25, -0.2) is 19.6 Å². The van der Waals surface area contributed by atoms with Crippen LogP contribution in [0.25, 0.3) is 44.7 Å². The monoisotopic (exact) mass is 624 g/mol. The van der Waals surface area contributed by atoms with E-state index in [9.17, 15) is 19.2 Å². The van der Waals surface area contributed by atoms with Gasteiger partial charge in [0.05, 0.1) is 21.8 Å². The van der Waals surface area contributed by atoms with Gasteiger partial charge in [0.1, 0.15) is 11.5 Å². The summed E-state index contributed by atoms with van der Waals surface area (Å²) in [6.45, 7) is 4.20. The van der Waals surface area contributed by atoms with Crippen molar-refractivity contribution >= 4 is 33.7 Å². The second-order valence-electron chi connectivity index (χ2n) is 11.1. The first-order valence-corrected chi connectivity index (χ1v) is 15.8. The molecular weight excluding hydrogens is 588 g/mol. The molecule has 0 amide bonds. The molecule has 2 heterocycles. The van der Waals surface area contributed by atoms with E-state index in [-0.39, 0.29) is 46.0 Å². The maximum absolute atomic E-state index is 12.9. The van der Waals surface area contributed by atoms with Gasteiger partial charge in [-0.3, -0.25) is 9.59 Å². The van der Waals surface area contributed by atoms with E-state index in [4.69, 9.17) is 18.3 Å². The van der Waals surface area contributed by atoms with Gasteiger partial charge in [0.25, 0.3) is 0 Å². The zero-order valence-electron chi connectivity index (χ0n) is 26.0. The van der Waals surface area contributed by atoms with Crippen LogP contribution in [0.3, 0.4) is 0 Å². The second-order valence-corrected chi connectivity index (χ2v) is 11.1. The van der Waals surface area contributed by atoms with Crippen molar-refractivity contribution in [1.82, 2.24) is 9.97 Å². The van der Waals surface area contributed by atoms with Crippen LogP contribution in [0.2, 0.25) is 0 Å². The SMILES string of the molecule is CCCCCCC(=O)Oc1ccc2nc(-c3cccc(-c4nc5ccc(OC(=O)CCCCCC)cc5c(=O)o4)c3)oc(=O)c2c1. The number of nitrogens with zero attached hydrogens (tertiary/aromatic N) is 2. The van der Waals surface area contributed by atoms with Crippen molar-refractivity contribution in [2.75, 3.05) is 0 Å². The molecule has 10 nitrogen and oxygen atoms in total. The minimum Gasteiger partial charge on any atom is -0.427 e. The molecule has 0 aliphatic rings. The Morgan fingerprint density at radius 2 is 1.07 bits per heavy atom. The molecule has 238 valence electrons. The molecule has 0 fully saturated rings. The fourth-order valence-corrected chi connectivity index (χ4v) is 5.02. The molecule has 0 spiro atoms. The third kappa shape index (κ3) is 8.12. The Morgan fingerprint density at radius 1 is 0.609 bits per heavy atom. The molecule has 5 aromatic rings. The largest absolute Gasteiger partial charge is 0.427 e. The lowest BCUT2D eigenvalue weighted by Crippen LogP contribution is -2.09. The van der Waals surface area contributed by atoms with Gasteiger partial charge in [-0.15, -0.1) is 0 Å². The second kappa shape index (κ2) is 15.2. The number of benzene rings is 3. The van der Waals surface area contributed by atoms with Crippen molar-refractivity contribution in [3.05, 3.63) is 81.5 Å². The van der Waals surface area contributed by atoms with Crippen LogP contribution >= 0.6 is 0 Å². The number of hydrogen-bond donors (Lipinski definition) is 0. The van der Waals surface area contributed by atoms with E-state index < -0.39 is 11.3 Å². The number of unbranched alkanes of at least 4 members (excludes halogenated alkanes) is 6. The highest BCUT2D eigenvalue weighted by Crippen LogP contribution is 2.27. The number of carbonyl (C=O) groups is 2. The molecule has 0 saturated carbocycles. The van der Waals surface area contributed by atoms with Crippen LogP contribution in [0.4, 0.5) is 0 Å². The minimum atomic E-state index is -0.640. The quantitative estimate of drug-likeness (QED) is 0.0684. The Hall–Kier alpha value is -5.12. The lowest BCUT2D eigenvalue weighted by molar-refractivity contribution is -0.135. The number of ether oxygens (including phenoxy) is 2. The molecule has 0 N–H and O–H groups in total. The maximum Gasteiger partial charge on any atom is 0.347 e. The maximum atomic E-state index is 12.9. The fourth-order valence-electron chi connectivity index (χ4n) is 5.02. The van der Waals surface area contributed by atoms with Gasteiger partial charge in [0.15, 0.2) is 0 Å². The molecule has 0 atom stereocenters. The lowest BCUT2D eigenvalue weighted by atomic mass is 10.1. The number of fused-ring (bicyclic) bond motifs is 2. The summed E-state index contributed by atoms with van der Waals surface area (Å²) in [6, 6.07) is 16.0. The normalized spacial score (nSPS) is 11.2. The van der Waals surface area contributed by atoms with Crippen LogP contribution in [0.5, 0.6) is 11.5 Å². The molecule has 10 heteroatoms. The lowest BCUT2D eigenvalue weighted by Gasteiger charge is -2.07. The third-order valence-electron chi connectivity index (χ3n) is 7.49. The van der Waals surface area contributed by atoms with Gasteiger partial charge in [0, 0.05) is 24.0 Å². The van der Waals surface area contributed by atoms with E-state index in [1.807, 2.05) is 0 Å².